The van der Waals surface area contributed by atoms with E-state index in [1.807, 2.05) is 24.3 Å². The zero-order valence-corrected chi connectivity index (χ0v) is 21.7. The van der Waals surface area contributed by atoms with Crippen molar-refractivity contribution in [3.8, 4) is 5.75 Å². The molecule has 9 heteroatoms. The highest BCUT2D eigenvalue weighted by Crippen LogP contribution is 2.26. The van der Waals surface area contributed by atoms with Crippen LogP contribution in [0.2, 0.25) is 5.02 Å². The van der Waals surface area contributed by atoms with Crippen LogP contribution in [0.1, 0.15) is 49.7 Å². The van der Waals surface area contributed by atoms with Gasteiger partial charge in [-0.3, -0.25) is 9.69 Å². The number of halogens is 1. The summed E-state index contributed by atoms with van der Waals surface area (Å²) in [6, 6.07) is 11.6. The monoisotopic (exact) mass is 495 g/mol. The molecule has 0 fully saturated rings. The fourth-order valence-electron chi connectivity index (χ4n) is 3.54. The molecule has 0 saturated heterocycles. The van der Waals surface area contributed by atoms with Crippen LogP contribution in [-0.2, 0) is 10.0 Å². The van der Waals surface area contributed by atoms with E-state index >= 15 is 0 Å². The molecule has 1 amide bonds. The molecule has 0 bridgehead atoms. The molecule has 1 unspecified atom stereocenters. The van der Waals surface area contributed by atoms with E-state index in [4.69, 9.17) is 16.3 Å². The second-order valence-corrected chi connectivity index (χ2v) is 10.4. The number of benzene rings is 2. The maximum Gasteiger partial charge on any atom is 0.252 e. The molecule has 0 radical (unpaired) electrons. The number of hydrogen-bond acceptors (Lipinski definition) is 5. The minimum Gasteiger partial charge on any atom is -0.497 e. The fourth-order valence-corrected chi connectivity index (χ4v) is 5.14. The number of likely N-dealkylation sites (N-methyl/N-ethyl adjacent to an activating group) is 1. The minimum absolute atomic E-state index is 0.0290. The van der Waals surface area contributed by atoms with Crippen LogP contribution in [0, 0.1) is 0 Å². The van der Waals surface area contributed by atoms with Gasteiger partial charge >= 0.3 is 0 Å². The van der Waals surface area contributed by atoms with Crippen LogP contribution in [0.3, 0.4) is 0 Å². The summed E-state index contributed by atoms with van der Waals surface area (Å²) in [6.07, 6.45) is 0. The molecule has 0 aliphatic carbocycles. The first-order valence-corrected chi connectivity index (χ1v) is 12.8. The molecule has 1 atom stereocenters. The van der Waals surface area contributed by atoms with Gasteiger partial charge in [-0.05, 0) is 62.8 Å². The average molecular weight is 496 g/mol. The number of rotatable bonds is 11. The predicted octanol–water partition coefficient (Wildman–Crippen LogP) is 4.19. The molecule has 0 aromatic heterocycles. The van der Waals surface area contributed by atoms with Gasteiger partial charge < -0.3 is 10.1 Å². The summed E-state index contributed by atoms with van der Waals surface area (Å²) in [5.74, 6) is 0.315. The lowest BCUT2D eigenvalue weighted by molar-refractivity contribution is 0.0935. The molecule has 33 heavy (non-hydrogen) atoms. The number of ether oxygens (including phenoxy) is 1. The first kappa shape index (κ1) is 27.1. The van der Waals surface area contributed by atoms with Gasteiger partial charge in [0.2, 0.25) is 10.0 Å². The van der Waals surface area contributed by atoms with Crippen LogP contribution in [0.15, 0.2) is 47.4 Å². The fraction of sp³-hybridized carbons (Fsp3) is 0.458. The van der Waals surface area contributed by atoms with Crippen LogP contribution in [0.25, 0.3) is 0 Å². The van der Waals surface area contributed by atoms with Gasteiger partial charge in [0.25, 0.3) is 5.91 Å². The van der Waals surface area contributed by atoms with Crippen molar-refractivity contribution in [2.45, 2.75) is 44.7 Å². The maximum atomic E-state index is 13.1. The Morgan fingerprint density at radius 3 is 2.36 bits per heavy atom. The Bertz CT molecular complexity index is 1060. The third-order valence-electron chi connectivity index (χ3n) is 5.77. The molecule has 0 aliphatic heterocycles. The molecule has 0 saturated carbocycles. The van der Waals surface area contributed by atoms with Gasteiger partial charge in [-0.15, -0.1) is 0 Å². The molecule has 0 spiro atoms. The Hall–Kier alpha value is -2.13. The number of carbonyl (C=O) groups is 1. The van der Waals surface area contributed by atoms with Crippen molar-refractivity contribution >= 4 is 27.5 Å². The van der Waals surface area contributed by atoms with E-state index in [1.54, 1.807) is 21.0 Å². The summed E-state index contributed by atoms with van der Waals surface area (Å²) in [4.78, 5) is 15.3. The average Bonchev–Trinajstić information content (AvgIpc) is 2.81. The van der Waals surface area contributed by atoms with E-state index in [9.17, 15) is 13.2 Å². The van der Waals surface area contributed by atoms with Gasteiger partial charge in [0.15, 0.2) is 0 Å². The lowest BCUT2D eigenvalue weighted by Crippen LogP contribution is -2.38. The second kappa shape index (κ2) is 11.8. The minimum atomic E-state index is -3.74. The van der Waals surface area contributed by atoms with Crippen molar-refractivity contribution in [1.82, 2.24) is 14.5 Å². The SMILES string of the molecule is CCN(CC)C(CNC(=O)c1cc(S(=O)(=O)N(C)C(C)C)ccc1Cl)c1cccc(OC)c1. The Morgan fingerprint density at radius 2 is 1.79 bits per heavy atom. The highest BCUT2D eigenvalue weighted by molar-refractivity contribution is 7.89. The molecular formula is C24H34ClN3O4S. The summed E-state index contributed by atoms with van der Waals surface area (Å²) in [7, 11) is -0.613. The number of sulfonamides is 1. The van der Waals surface area contributed by atoms with Gasteiger partial charge in [0.1, 0.15) is 5.75 Å². The molecule has 0 heterocycles. The topological polar surface area (TPSA) is 79.0 Å². The van der Waals surface area contributed by atoms with Crippen molar-refractivity contribution in [2.75, 3.05) is 33.8 Å². The number of carbonyl (C=O) groups excluding carboxylic acids is 1. The first-order chi connectivity index (χ1) is 15.6. The molecule has 0 aliphatic rings. The standard InChI is InChI=1S/C24H34ClN3O4S/c1-7-28(8-2)23(18-10-9-11-19(14-18)32-6)16-26-24(29)21-15-20(12-13-22(21)25)33(30,31)27(5)17(3)4/h9-15,17,23H,7-8,16H2,1-6H3,(H,26,29). The van der Waals surface area contributed by atoms with E-state index in [0.29, 0.717) is 6.54 Å². The maximum absolute atomic E-state index is 13.1. The Balaban J connectivity index is 2.32. The smallest absolute Gasteiger partial charge is 0.252 e. The van der Waals surface area contributed by atoms with Gasteiger partial charge in [-0.2, -0.15) is 4.31 Å². The summed E-state index contributed by atoms with van der Waals surface area (Å²) in [5, 5.41) is 3.14. The zero-order valence-electron chi connectivity index (χ0n) is 20.1. The van der Waals surface area contributed by atoms with Crippen LogP contribution in [0.4, 0.5) is 0 Å². The number of nitrogens with one attached hydrogen (secondary N) is 1. The Kier molecular flexibility index (Phi) is 9.72. The van der Waals surface area contributed by atoms with Crippen molar-refractivity contribution in [2.24, 2.45) is 0 Å². The van der Waals surface area contributed by atoms with Crippen molar-refractivity contribution in [3.63, 3.8) is 0 Å². The lowest BCUT2D eigenvalue weighted by Gasteiger charge is -2.30. The summed E-state index contributed by atoms with van der Waals surface area (Å²) >= 11 is 6.28. The lowest BCUT2D eigenvalue weighted by atomic mass is 10.0. The molecule has 182 valence electrons. The van der Waals surface area contributed by atoms with E-state index in [2.05, 4.69) is 24.1 Å². The normalized spacial score (nSPS) is 12.9. The van der Waals surface area contributed by atoms with E-state index < -0.39 is 15.9 Å². The van der Waals surface area contributed by atoms with Crippen molar-refractivity contribution in [3.05, 3.63) is 58.6 Å². The Morgan fingerprint density at radius 1 is 1.12 bits per heavy atom. The number of methoxy groups -OCH3 is 1. The van der Waals surface area contributed by atoms with Crippen LogP contribution in [-0.4, -0.2) is 63.4 Å². The number of hydrogen-bond donors (Lipinski definition) is 1. The van der Waals surface area contributed by atoms with Crippen molar-refractivity contribution in [1.29, 1.82) is 0 Å². The van der Waals surface area contributed by atoms with Crippen LogP contribution >= 0.6 is 11.6 Å². The highest BCUT2D eigenvalue weighted by Gasteiger charge is 2.26. The number of amides is 1. The zero-order chi connectivity index (χ0) is 24.8. The highest BCUT2D eigenvalue weighted by atomic mass is 35.5. The van der Waals surface area contributed by atoms with Gasteiger partial charge in [-0.25, -0.2) is 8.42 Å². The Labute approximate surface area is 202 Å². The molecule has 2 aromatic rings. The van der Waals surface area contributed by atoms with E-state index in [-0.39, 0.29) is 27.6 Å². The first-order valence-electron chi connectivity index (χ1n) is 11.0. The molecule has 7 nitrogen and oxygen atoms in total. The summed E-state index contributed by atoms with van der Waals surface area (Å²) in [5.41, 5.74) is 1.14. The quantitative estimate of drug-likeness (QED) is 0.505. The van der Waals surface area contributed by atoms with E-state index in [1.165, 1.54) is 29.6 Å². The predicted molar refractivity (Wildman–Crippen MR) is 133 cm³/mol. The largest absolute Gasteiger partial charge is 0.497 e. The van der Waals surface area contributed by atoms with Crippen LogP contribution < -0.4 is 10.1 Å². The molecular weight excluding hydrogens is 462 g/mol. The van der Waals surface area contributed by atoms with Crippen molar-refractivity contribution < 1.29 is 17.9 Å². The van der Waals surface area contributed by atoms with Crippen LogP contribution in [0.5, 0.6) is 5.75 Å². The summed E-state index contributed by atoms with van der Waals surface area (Å²) < 4.78 is 32.4. The van der Waals surface area contributed by atoms with Gasteiger partial charge in [0, 0.05) is 19.6 Å². The molecule has 1 N–H and O–H groups in total. The molecule has 2 rings (SSSR count). The number of nitrogens with zero attached hydrogens (tertiary/aromatic N) is 2. The van der Waals surface area contributed by atoms with Gasteiger partial charge in [0.05, 0.1) is 28.6 Å². The summed E-state index contributed by atoms with van der Waals surface area (Å²) in [6.45, 7) is 9.62. The van der Waals surface area contributed by atoms with E-state index in [0.717, 1.165) is 24.4 Å². The third kappa shape index (κ3) is 6.47. The second-order valence-electron chi connectivity index (χ2n) is 7.98. The molecule has 2 aromatic carbocycles. The third-order valence-corrected chi connectivity index (χ3v) is 8.13. The van der Waals surface area contributed by atoms with Gasteiger partial charge in [-0.1, -0.05) is 37.6 Å².